The molecule has 31 heavy (non-hydrogen) atoms. The summed E-state index contributed by atoms with van der Waals surface area (Å²) in [5.41, 5.74) is 2.59. The zero-order valence-corrected chi connectivity index (χ0v) is 17.4. The summed E-state index contributed by atoms with van der Waals surface area (Å²) in [6.07, 6.45) is 0. The number of methoxy groups -OCH3 is 1. The molecule has 6 nitrogen and oxygen atoms in total. The lowest BCUT2D eigenvalue weighted by Crippen LogP contribution is -2.47. The van der Waals surface area contributed by atoms with Crippen molar-refractivity contribution in [1.29, 1.82) is 0 Å². The maximum absolute atomic E-state index is 12.4. The molecule has 156 valence electrons. The molecule has 0 saturated carbocycles. The van der Waals surface area contributed by atoms with Gasteiger partial charge in [0.2, 0.25) is 5.95 Å². The highest BCUT2D eigenvalue weighted by atomic mass is 16.5. The van der Waals surface area contributed by atoms with Crippen LogP contribution in [0, 0.1) is 0 Å². The third-order valence-electron chi connectivity index (χ3n) is 5.78. The first kappa shape index (κ1) is 19.2. The Morgan fingerprint density at radius 1 is 0.839 bits per heavy atom. The molecule has 0 unspecified atom stereocenters. The number of ether oxygens (including phenoxy) is 1. The number of piperazine rings is 1. The molecule has 1 aliphatic rings. The van der Waals surface area contributed by atoms with Crippen LogP contribution in [0.15, 0.2) is 77.6 Å². The topological polar surface area (TPSA) is 61.5 Å². The Kier molecular flexibility index (Phi) is 5.04. The van der Waals surface area contributed by atoms with Gasteiger partial charge in [0.05, 0.1) is 18.5 Å². The molecule has 5 rings (SSSR count). The minimum Gasteiger partial charge on any atom is -0.495 e. The Hall–Kier alpha value is -3.80. The number of anilines is 2. The van der Waals surface area contributed by atoms with E-state index in [4.69, 9.17) is 9.72 Å². The van der Waals surface area contributed by atoms with Crippen molar-refractivity contribution in [2.45, 2.75) is 0 Å². The molecular weight excluding hydrogens is 388 g/mol. The molecule has 1 saturated heterocycles. The Bertz CT molecular complexity index is 1280. The summed E-state index contributed by atoms with van der Waals surface area (Å²) in [6.45, 7) is 3.18. The number of fused-ring (bicyclic) bond motifs is 1. The van der Waals surface area contributed by atoms with Crippen LogP contribution in [0.1, 0.15) is 0 Å². The predicted octanol–water partition coefficient (Wildman–Crippen LogP) is 3.93. The molecular formula is C25H24N4O2. The zero-order chi connectivity index (χ0) is 21.2. The van der Waals surface area contributed by atoms with E-state index in [0.717, 1.165) is 48.6 Å². The van der Waals surface area contributed by atoms with Crippen LogP contribution >= 0.6 is 0 Å². The summed E-state index contributed by atoms with van der Waals surface area (Å²) in [6, 6.07) is 24.0. The minimum absolute atomic E-state index is 0.139. The van der Waals surface area contributed by atoms with E-state index in [1.54, 1.807) is 13.2 Å². The molecule has 1 aliphatic heterocycles. The van der Waals surface area contributed by atoms with E-state index in [1.165, 1.54) is 5.39 Å². The average Bonchev–Trinajstić information content (AvgIpc) is 2.83. The van der Waals surface area contributed by atoms with Gasteiger partial charge in [-0.3, -0.25) is 9.78 Å². The third kappa shape index (κ3) is 3.84. The van der Waals surface area contributed by atoms with Crippen molar-refractivity contribution in [3.8, 4) is 17.0 Å². The van der Waals surface area contributed by atoms with Crippen LogP contribution in [0.5, 0.6) is 5.75 Å². The van der Waals surface area contributed by atoms with E-state index < -0.39 is 0 Å². The summed E-state index contributed by atoms with van der Waals surface area (Å²) in [5.74, 6) is 1.50. The Balaban J connectivity index is 1.39. The summed E-state index contributed by atoms with van der Waals surface area (Å²) in [5, 5.41) is 2.30. The lowest BCUT2D eigenvalue weighted by Gasteiger charge is -2.36. The number of benzene rings is 3. The van der Waals surface area contributed by atoms with Crippen LogP contribution < -0.4 is 20.1 Å². The van der Waals surface area contributed by atoms with Crippen molar-refractivity contribution in [3.05, 3.63) is 83.2 Å². The third-order valence-corrected chi connectivity index (χ3v) is 5.78. The van der Waals surface area contributed by atoms with Gasteiger partial charge in [0.15, 0.2) is 0 Å². The number of aromatic nitrogens is 2. The molecule has 0 radical (unpaired) electrons. The molecule has 2 heterocycles. The van der Waals surface area contributed by atoms with Gasteiger partial charge in [0, 0.05) is 37.8 Å². The standard InChI is InChI=1S/C25H24N4O2/c1-31-23-9-5-4-8-22(23)28-12-14-29(15-13-28)25-26-21(17-24(30)27-25)20-11-10-18-6-2-3-7-19(18)16-20/h2-11,16-17H,12-15H2,1H3,(H,26,27,30). The van der Waals surface area contributed by atoms with Gasteiger partial charge in [0.1, 0.15) is 5.75 Å². The number of nitrogens with zero attached hydrogens (tertiary/aromatic N) is 3. The van der Waals surface area contributed by atoms with Crippen molar-refractivity contribution in [2.24, 2.45) is 0 Å². The van der Waals surface area contributed by atoms with Crippen LogP contribution in [0.4, 0.5) is 11.6 Å². The molecule has 4 aromatic rings. The predicted molar refractivity (Wildman–Crippen MR) is 125 cm³/mol. The summed E-state index contributed by atoms with van der Waals surface area (Å²) in [4.78, 5) is 24.6. The van der Waals surface area contributed by atoms with Gasteiger partial charge >= 0.3 is 0 Å². The number of aromatic amines is 1. The van der Waals surface area contributed by atoms with Gasteiger partial charge in [-0.25, -0.2) is 4.98 Å². The first-order valence-corrected chi connectivity index (χ1v) is 10.4. The van der Waals surface area contributed by atoms with Crippen LogP contribution in [-0.2, 0) is 0 Å². The monoisotopic (exact) mass is 412 g/mol. The first-order valence-electron chi connectivity index (χ1n) is 10.4. The quantitative estimate of drug-likeness (QED) is 0.550. The van der Waals surface area contributed by atoms with Gasteiger partial charge in [0.25, 0.3) is 5.56 Å². The summed E-state index contributed by atoms with van der Waals surface area (Å²) < 4.78 is 5.51. The minimum atomic E-state index is -0.139. The fourth-order valence-corrected chi connectivity index (χ4v) is 4.14. The number of hydrogen-bond acceptors (Lipinski definition) is 5. The fourth-order valence-electron chi connectivity index (χ4n) is 4.14. The van der Waals surface area contributed by atoms with E-state index >= 15 is 0 Å². The molecule has 0 aliphatic carbocycles. The second-order valence-corrected chi connectivity index (χ2v) is 7.66. The highest BCUT2D eigenvalue weighted by Gasteiger charge is 2.21. The number of nitrogens with one attached hydrogen (secondary N) is 1. The van der Waals surface area contributed by atoms with E-state index in [9.17, 15) is 4.79 Å². The first-order chi connectivity index (χ1) is 15.2. The molecule has 1 N–H and O–H groups in total. The van der Waals surface area contributed by atoms with Crippen molar-refractivity contribution in [1.82, 2.24) is 9.97 Å². The summed E-state index contributed by atoms with van der Waals surface area (Å²) in [7, 11) is 1.70. The maximum Gasteiger partial charge on any atom is 0.252 e. The molecule has 0 atom stereocenters. The molecule has 1 aromatic heterocycles. The maximum atomic E-state index is 12.4. The van der Waals surface area contributed by atoms with Gasteiger partial charge in [-0.05, 0) is 29.0 Å². The van der Waals surface area contributed by atoms with Crippen LogP contribution in [0.25, 0.3) is 22.0 Å². The Morgan fingerprint density at radius 2 is 1.55 bits per heavy atom. The van der Waals surface area contributed by atoms with Crippen LogP contribution in [0.2, 0.25) is 0 Å². The SMILES string of the molecule is COc1ccccc1N1CCN(c2nc(-c3ccc4ccccc4c3)cc(=O)[nH]2)CC1. The second-order valence-electron chi connectivity index (χ2n) is 7.66. The molecule has 0 bridgehead atoms. The van der Waals surface area contributed by atoms with Gasteiger partial charge < -0.3 is 14.5 Å². The lowest BCUT2D eigenvalue weighted by atomic mass is 10.1. The second kappa shape index (κ2) is 8.14. The zero-order valence-electron chi connectivity index (χ0n) is 17.4. The van der Waals surface area contributed by atoms with Gasteiger partial charge in [-0.1, -0.05) is 48.5 Å². The average molecular weight is 412 g/mol. The fraction of sp³-hybridized carbons (Fsp3) is 0.200. The van der Waals surface area contributed by atoms with Gasteiger partial charge in [-0.2, -0.15) is 0 Å². The van der Waals surface area contributed by atoms with Crippen molar-refractivity contribution < 1.29 is 4.74 Å². The highest BCUT2D eigenvalue weighted by molar-refractivity contribution is 5.86. The number of hydrogen-bond donors (Lipinski definition) is 1. The van der Waals surface area contributed by atoms with Crippen molar-refractivity contribution in [3.63, 3.8) is 0 Å². The van der Waals surface area contributed by atoms with E-state index in [0.29, 0.717) is 11.6 Å². The highest BCUT2D eigenvalue weighted by Crippen LogP contribution is 2.29. The Labute approximate surface area is 180 Å². The number of rotatable bonds is 4. The van der Waals surface area contributed by atoms with Crippen LogP contribution in [0.3, 0.4) is 0 Å². The van der Waals surface area contributed by atoms with Crippen molar-refractivity contribution >= 4 is 22.4 Å². The molecule has 0 amide bonds. The molecule has 0 spiro atoms. The van der Waals surface area contributed by atoms with E-state index in [1.807, 2.05) is 36.4 Å². The largest absolute Gasteiger partial charge is 0.495 e. The van der Waals surface area contributed by atoms with Gasteiger partial charge in [-0.15, -0.1) is 0 Å². The smallest absolute Gasteiger partial charge is 0.252 e. The normalized spacial score (nSPS) is 14.1. The number of para-hydroxylation sites is 2. The molecule has 6 heteroatoms. The van der Waals surface area contributed by atoms with E-state index in [-0.39, 0.29) is 5.56 Å². The van der Waals surface area contributed by atoms with E-state index in [2.05, 4.69) is 45.1 Å². The lowest BCUT2D eigenvalue weighted by molar-refractivity contribution is 0.413. The summed E-state index contributed by atoms with van der Waals surface area (Å²) >= 11 is 0. The number of H-pyrrole nitrogens is 1. The molecule has 3 aromatic carbocycles. The Morgan fingerprint density at radius 3 is 2.35 bits per heavy atom. The van der Waals surface area contributed by atoms with Crippen molar-refractivity contribution in [2.75, 3.05) is 43.1 Å². The van der Waals surface area contributed by atoms with Crippen LogP contribution in [-0.4, -0.2) is 43.3 Å². The molecule has 1 fully saturated rings.